The summed E-state index contributed by atoms with van der Waals surface area (Å²) in [6.07, 6.45) is 0. The highest BCUT2D eigenvalue weighted by molar-refractivity contribution is 9.10. The number of nitrogens with zero attached hydrogens (tertiary/aromatic N) is 3. The largest absolute Gasteiger partial charge is 0.316 e. The van der Waals surface area contributed by atoms with E-state index in [0.29, 0.717) is 17.0 Å². The average Bonchev–Trinajstić information content (AvgIpc) is 2.97. The lowest BCUT2D eigenvalue weighted by Gasteiger charge is -2.09. The molecule has 1 amide bonds. The van der Waals surface area contributed by atoms with Crippen LogP contribution in [0, 0.1) is 13.8 Å². The molecule has 2 aromatic heterocycles. The van der Waals surface area contributed by atoms with E-state index in [0.717, 1.165) is 21.4 Å². The first-order valence-electron chi connectivity index (χ1n) is 9.76. The van der Waals surface area contributed by atoms with Crippen LogP contribution in [0.25, 0.3) is 16.9 Å². The third kappa shape index (κ3) is 3.96. The summed E-state index contributed by atoms with van der Waals surface area (Å²) in [4.78, 5) is 30.6. The number of carbonyl (C=O) groups excluding carboxylic acids is 1. The summed E-state index contributed by atoms with van der Waals surface area (Å²) in [6.45, 7) is 3.59. The molecule has 156 valence electrons. The minimum Gasteiger partial charge on any atom is -0.316 e. The Bertz CT molecular complexity index is 1340. The molecule has 0 radical (unpaired) electrons. The van der Waals surface area contributed by atoms with Crippen molar-refractivity contribution in [1.82, 2.24) is 14.3 Å². The molecule has 0 aliphatic rings. The van der Waals surface area contributed by atoms with E-state index in [1.165, 1.54) is 4.68 Å². The van der Waals surface area contributed by atoms with E-state index in [9.17, 15) is 9.59 Å². The minimum atomic E-state index is -0.364. The van der Waals surface area contributed by atoms with Crippen LogP contribution < -0.4 is 10.9 Å². The number of hydrogen-bond donors (Lipinski definition) is 1. The van der Waals surface area contributed by atoms with E-state index in [1.807, 2.05) is 60.7 Å². The molecule has 0 aliphatic heterocycles. The predicted molar refractivity (Wildman–Crippen MR) is 126 cm³/mol. The standard InChI is InChI=1S/C24H21BrN4O2/c1-15-20(12-13-21(26-15)17-8-7-9-18(25)14-17)23(30)27-22-16(2)28(3)29(24(22)31)19-10-5-4-6-11-19/h4-14H,1-3H3,(H,27,30). The second-order valence-electron chi connectivity index (χ2n) is 7.23. The van der Waals surface area contributed by atoms with Crippen LogP contribution in [0.2, 0.25) is 0 Å². The van der Waals surface area contributed by atoms with Gasteiger partial charge in [-0.2, -0.15) is 0 Å². The topological polar surface area (TPSA) is 68.9 Å². The molecule has 0 saturated carbocycles. The Labute approximate surface area is 188 Å². The first kappa shape index (κ1) is 20.8. The number of aryl methyl sites for hydroxylation is 1. The Hall–Kier alpha value is -3.45. The first-order chi connectivity index (χ1) is 14.9. The third-order valence-corrected chi connectivity index (χ3v) is 5.74. The zero-order chi connectivity index (χ0) is 22.1. The number of aromatic nitrogens is 3. The van der Waals surface area contributed by atoms with Gasteiger partial charge in [-0.25, -0.2) is 4.68 Å². The number of halogens is 1. The number of anilines is 1. The Morgan fingerprint density at radius 2 is 1.74 bits per heavy atom. The van der Waals surface area contributed by atoms with Gasteiger partial charge in [-0.15, -0.1) is 0 Å². The predicted octanol–water partition coefficient (Wildman–Crippen LogP) is 4.87. The lowest BCUT2D eigenvalue weighted by molar-refractivity contribution is 0.102. The summed E-state index contributed by atoms with van der Waals surface area (Å²) in [5.41, 5.74) is 4.11. The van der Waals surface area contributed by atoms with Gasteiger partial charge in [0.2, 0.25) is 0 Å². The van der Waals surface area contributed by atoms with Crippen LogP contribution in [-0.2, 0) is 7.05 Å². The maximum Gasteiger partial charge on any atom is 0.295 e. The maximum absolute atomic E-state index is 13.0. The van der Waals surface area contributed by atoms with Gasteiger partial charge < -0.3 is 5.32 Å². The van der Waals surface area contributed by atoms with Crippen LogP contribution in [-0.4, -0.2) is 20.3 Å². The van der Waals surface area contributed by atoms with Gasteiger partial charge in [-0.1, -0.05) is 46.3 Å². The van der Waals surface area contributed by atoms with Gasteiger partial charge in [-0.05, 0) is 50.2 Å². The summed E-state index contributed by atoms with van der Waals surface area (Å²) >= 11 is 3.47. The molecule has 0 saturated heterocycles. The molecule has 1 N–H and O–H groups in total. The number of para-hydroxylation sites is 1. The van der Waals surface area contributed by atoms with E-state index in [1.54, 1.807) is 31.6 Å². The molecule has 0 spiro atoms. The fraction of sp³-hybridized carbons (Fsp3) is 0.125. The van der Waals surface area contributed by atoms with Crippen molar-refractivity contribution in [3.8, 4) is 16.9 Å². The quantitative estimate of drug-likeness (QED) is 0.456. The van der Waals surface area contributed by atoms with Crippen LogP contribution in [0.3, 0.4) is 0 Å². The zero-order valence-electron chi connectivity index (χ0n) is 17.4. The maximum atomic E-state index is 13.0. The van der Waals surface area contributed by atoms with E-state index < -0.39 is 0 Å². The molecular formula is C24H21BrN4O2. The van der Waals surface area contributed by atoms with Gasteiger partial charge >= 0.3 is 0 Å². The number of carbonyl (C=O) groups is 1. The molecule has 4 aromatic rings. The van der Waals surface area contributed by atoms with E-state index in [2.05, 4.69) is 26.2 Å². The summed E-state index contributed by atoms with van der Waals surface area (Å²) in [5.74, 6) is -0.364. The molecule has 0 atom stereocenters. The Morgan fingerprint density at radius 3 is 2.42 bits per heavy atom. The second kappa shape index (κ2) is 8.35. The molecule has 7 heteroatoms. The number of hydrogen-bond acceptors (Lipinski definition) is 3. The molecule has 4 rings (SSSR count). The first-order valence-corrected chi connectivity index (χ1v) is 10.5. The second-order valence-corrected chi connectivity index (χ2v) is 8.15. The van der Waals surface area contributed by atoms with Gasteiger partial charge in [0.1, 0.15) is 5.69 Å². The lowest BCUT2D eigenvalue weighted by atomic mass is 10.1. The highest BCUT2D eigenvalue weighted by atomic mass is 79.9. The van der Waals surface area contributed by atoms with Crippen LogP contribution >= 0.6 is 15.9 Å². The molecule has 0 bridgehead atoms. The third-order valence-electron chi connectivity index (χ3n) is 5.24. The minimum absolute atomic E-state index is 0.256. The molecule has 0 fully saturated rings. The van der Waals surface area contributed by atoms with Crippen molar-refractivity contribution in [2.45, 2.75) is 13.8 Å². The van der Waals surface area contributed by atoms with Crippen molar-refractivity contribution < 1.29 is 4.79 Å². The van der Waals surface area contributed by atoms with Gasteiger partial charge in [0.25, 0.3) is 11.5 Å². The van der Waals surface area contributed by atoms with Gasteiger partial charge in [0, 0.05) is 17.1 Å². The monoisotopic (exact) mass is 476 g/mol. The molecule has 31 heavy (non-hydrogen) atoms. The van der Waals surface area contributed by atoms with Crippen molar-refractivity contribution in [3.63, 3.8) is 0 Å². The number of rotatable bonds is 4. The van der Waals surface area contributed by atoms with Crippen molar-refractivity contribution in [1.29, 1.82) is 0 Å². The lowest BCUT2D eigenvalue weighted by Crippen LogP contribution is -2.23. The van der Waals surface area contributed by atoms with Crippen molar-refractivity contribution in [2.24, 2.45) is 7.05 Å². The Balaban J connectivity index is 1.66. The summed E-state index contributed by atoms with van der Waals surface area (Å²) in [5, 5.41) is 2.79. The smallest absolute Gasteiger partial charge is 0.295 e. The Morgan fingerprint density at radius 1 is 1.00 bits per heavy atom. The van der Waals surface area contributed by atoms with Crippen LogP contribution in [0.1, 0.15) is 21.7 Å². The average molecular weight is 477 g/mol. The van der Waals surface area contributed by atoms with Crippen molar-refractivity contribution in [3.05, 3.63) is 98.5 Å². The Kier molecular flexibility index (Phi) is 5.61. The summed E-state index contributed by atoms with van der Waals surface area (Å²) < 4.78 is 4.22. The van der Waals surface area contributed by atoms with E-state index in [-0.39, 0.29) is 17.2 Å². The molecular weight excluding hydrogens is 456 g/mol. The SMILES string of the molecule is Cc1nc(-c2cccc(Br)c2)ccc1C(=O)Nc1c(C)n(C)n(-c2ccccc2)c1=O. The fourth-order valence-electron chi connectivity index (χ4n) is 3.50. The highest BCUT2D eigenvalue weighted by Gasteiger charge is 2.20. The molecule has 2 aromatic carbocycles. The molecule has 2 heterocycles. The summed E-state index contributed by atoms with van der Waals surface area (Å²) in [6, 6.07) is 20.7. The molecule has 6 nitrogen and oxygen atoms in total. The van der Waals surface area contributed by atoms with Gasteiger partial charge in [0.15, 0.2) is 0 Å². The van der Waals surface area contributed by atoms with Gasteiger partial charge in [-0.3, -0.25) is 19.3 Å². The summed E-state index contributed by atoms with van der Waals surface area (Å²) in [7, 11) is 1.79. The van der Waals surface area contributed by atoms with Crippen LogP contribution in [0.4, 0.5) is 5.69 Å². The highest BCUT2D eigenvalue weighted by Crippen LogP contribution is 2.23. The number of pyridine rings is 1. The molecule has 0 aliphatic carbocycles. The van der Waals surface area contributed by atoms with E-state index in [4.69, 9.17) is 0 Å². The molecule has 0 unspecified atom stereocenters. The van der Waals surface area contributed by atoms with Crippen LogP contribution in [0.15, 0.2) is 76.0 Å². The number of nitrogens with one attached hydrogen (secondary N) is 1. The van der Waals surface area contributed by atoms with Gasteiger partial charge in [0.05, 0.1) is 28.3 Å². The van der Waals surface area contributed by atoms with Crippen molar-refractivity contribution in [2.75, 3.05) is 5.32 Å². The number of benzene rings is 2. The van der Waals surface area contributed by atoms with Crippen molar-refractivity contribution >= 4 is 27.5 Å². The zero-order valence-corrected chi connectivity index (χ0v) is 19.0. The normalized spacial score (nSPS) is 10.8. The fourth-order valence-corrected chi connectivity index (χ4v) is 3.90. The number of amides is 1. The van der Waals surface area contributed by atoms with Crippen LogP contribution in [0.5, 0.6) is 0 Å². The van der Waals surface area contributed by atoms with E-state index >= 15 is 0 Å².